The normalized spacial score (nSPS) is 17.2. The molecule has 0 aromatic heterocycles. The number of carbonyl (C=O) groups excluding carboxylic acids is 2. The van der Waals surface area contributed by atoms with E-state index in [9.17, 15) is 9.59 Å². The van der Waals surface area contributed by atoms with E-state index in [1.54, 1.807) is 24.1 Å². The van der Waals surface area contributed by atoms with E-state index in [1.165, 1.54) is 11.1 Å². The Labute approximate surface area is 243 Å². The molecule has 4 rings (SSSR count). The number of hydrogen-bond acceptors (Lipinski definition) is 7. The largest absolute Gasteiger partial charge is 0.493 e. The Morgan fingerprint density at radius 3 is 2.49 bits per heavy atom. The first kappa shape index (κ1) is 30.3. The monoisotopic (exact) mass is 565 g/mol. The van der Waals surface area contributed by atoms with Crippen LogP contribution in [-0.4, -0.2) is 99.2 Å². The van der Waals surface area contributed by atoms with Crippen LogP contribution in [0.5, 0.6) is 11.5 Å². The molecule has 3 amide bonds. The summed E-state index contributed by atoms with van der Waals surface area (Å²) in [6.45, 7) is 10.7. The minimum atomic E-state index is -0.348. The number of rotatable bonds is 11. The van der Waals surface area contributed by atoms with E-state index in [-0.39, 0.29) is 24.5 Å². The van der Waals surface area contributed by atoms with Crippen LogP contribution < -0.4 is 14.8 Å². The predicted octanol–water partition coefficient (Wildman–Crippen LogP) is 3.75. The second-order valence-electron chi connectivity index (χ2n) is 10.5. The second-order valence-corrected chi connectivity index (χ2v) is 10.5. The van der Waals surface area contributed by atoms with Gasteiger partial charge in [-0.05, 0) is 60.7 Å². The number of benzene rings is 2. The first-order valence-corrected chi connectivity index (χ1v) is 14.4. The Hall–Kier alpha value is -3.63. The van der Waals surface area contributed by atoms with Crippen molar-refractivity contribution in [1.82, 2.24) is 20.1 Å². The van der Waals surface area contributed by atoms with E-state index in [0.29, 0.717) is 50.8 Å². The van der Waals surface area contributed by atoms with Crippen molar-refractivity contribution < 1.29 is 23.8 Å². The maximum atomic E-state index is 14.0. The predicted molar refractivity (Wildman–Crippen MR) is 159 cm³/mol. The molecule has 1 saturated heterocycles. The second kappa shape index (κ2) is 14.3. The lowest BCUT2D eigenvalue weighted by molar-refractivity contribution is -0.133. The van der Waals surface area contributed by atoms with Crippen LogP contribution in [-0.2, 0) is 9.53 Å². The van der Waals surface area contributed by atoms with E-state index in [4.69, 9.17) is 19.3 Å². The summed E-state index contributed by atoms with van der Waals surface area (Å²) in [5.74, 6) is 0.963. The summed E-state index contributed by atoms with van der Waals surface area (Å²) in [6, 6.07) is 11.3. The van der Waals surface area contributed by atoms with Gasteiger partial charge in [0.15, 0.2) is 11.5 Å². The highest BCUT2D eigenvalue weighted by Crippen LogP contribution is 2.37. The van der Waals surface area contributed by atoms with Gasteiger partial charge < -0.3 is 24.4 Å². The molecule has 2 aliphatic heterocycles. The van der Waals surface area contributed by atoms with Gasteiger partial charge in [0.05, 0.1) is 39.2 Å². The number of hydrogen-bond donors (Lipinski definition) is 1. The van der Waals surface area contributed by atoms with Gasteiger partial charge in [-0.15, -0.1) is 0 Å². The SMILES string of the molecule is CCCNC(=O)N(CCN1CCOCC1)CC(=O)N1N=C(c2ccc(C)c(C)c2)CC1c1ccc(OC)c(OC)c1. The smallest absolute Gasteiger partial charge is 0.317 e. The minimum Gasteiger partial charge on any atom is -0.493 e. The molecule has 2 aromatic carbocycles. The van der Waals surface area contributed by atoms with Crippen LogP contribution in [0.4, 0.5) is 4.79 Å². The van der Waals surface area contributed by atoms with Gasteiger partial charge in [0.1, 0.15) is 6.54 Å². The highest BCUT2D eigenvalue weighted by atomic mass is 16.5. The highest BCUT2D eigenvalue weighted by molar-refractivity contribution is 6.03. The van der Waals surface area contributed by atoms with Crippen molar-refractivity contribution in [2.24, 2.45) is 5.10 Å². The van der Waals surface area contributed by atoms with Crippen molar-refractivity contribution in [2.45, 2.75) is 39.7 Å². The lowest BCUT2D eigenvalue weighted by atomic mass is 9.96. The number of nitrogens with zero attached hydrogens (tertiary/aromatic N) is 4. The van der Waals surface area contributed by atoms with Crippen LogP contribution in [0.15, 0.2) is 41.5 Å². The maximum Gasteiger partial charge on any atom is 0.317 e. The topological polar surface area (TPSA) is 95.9 Å². The third-order valence-electron chi connectivity index (χ3n) is 7.73. The molecule has 2 heterocycles. The molecular formula is C31H43N5O5. The van der Waals surface area contributed by atoms with E-state index in [2.05, 4.69) is 36.2 Å². The number of amides is 3. The molecule has 10 nitrogen and oxygen atoms in total. The number of carbonyl (C=O) groups is 2. The molecular weight excluding hydrogens is 522 g/mol. The van der Waals surface area contributed by atoms with Gasteiger partial charge in [0.25, 0.3) is 5.91 Å². The Morgan fingerprint density at radius 1 is 1.05 bits per heavy atom. The summed E-state index contributed by atoms with van der Waals surface area (Å²) < 4.78 is 16.4. The molecule has 1 atom stereocenters. The van der Waals surface area contributed by atoms with Gasteiger partial charge >= 0.3 is 6.03 Å². The molecule has 0 saturated carbocycles. The molecule has 0 spiro atoms. The summed E-state index contributed by atoms with van der Waals surface area (Å²) in [5, 5.41) is 9.33. The lowest BCUT2D eigenvalue weighted by Crippen LogP contribution is -2.49. The number of methoxy groups -OCH3 is 2. The van der Waals surface area contributed by atoms with Crippen molar-refractivity contribution in [2.75, 3.05) is 66.7 Å². The fourth-order valence-electron chi connectivity index (χ4n) is 5.07. The lowest BCUT2D eigenvalue weighted by Gasteiger charge is -2.31. The third kappa shape index (κ3) is 7.56. The summed E-state index contributed by atoms with van der Waals surface area (Å²) in [7, 11) is 3.19. The van der Waals surface area contributed by atoms with Crippen molar-refractivity contribution in [3.05, 3.63) is 58.7 Å². The van der Waals surface area contributed by atoms with Crippen LogP contribution >= 0.6 is 0 Å². The van der Waals surface area contributed by atoms with Gasteiger partial charge in [-0.2, -0.15) is 5.10 Å². The van der Waals surface area contributed by atoms with Gasteiger partial charge in [-0.1, -0.05) is 25.1 Å². The average molecular weight is 566 g/mol. The number of nitrogens with one attached hydrogen (secondary N) is 1. The summed E-state index contributed by atoms with van der Waals surface area (Å²) in [5.41, 5.74) is 5.06. The van der Waals surface area contributed by atoms with Crippen LogP contribution in [0.25, 0.3) is 0 Å². The molecule has 1 unspecified atom stereocenters. The quantitative estimate of drug-likeness (QED) is 0.446. The molecule has 2 aliphatic rings. The minimum absolute atomic E-state index is 0.0760. The summed E-state index contributed by atoms with van der Waals surface area (Å²) in [4.78, 5) is 30.9. The highest BCUT2D eigenvalue weighted by Gasteiger charge is 2.35. The molecule has 1 N–H and O–H groups in total. The Morgan fingerprint density at radius 2 is 1.80 bits per heavy atom. The zero-order valence-corrected chi connectivity index (χ0v) is 24.9. The first-order chi connectivity index (χ1) is 19.8. The number of morpholine rings is 1. The molecule has 2 aromatic rings. The third-order valence-corrected chi connectivity index (χ3v) is 7.73. The van der Waals surface area contributed by atoms with Crippen molar-refractivity contribution in [1.29, 1.82) is 0 Å². The van der Waals surface area contributed by atoms with E-state index in [1.807, 2.05) is 31.2 Å². The first-order valence-electron chi connectivity index (χ1n) is 14.4. The number of hydrazone groups is 1. The number of ether oxygens (including phenoxy) is 3. The molecule has 0 radical (unpaired) electrons. The van der Waals surface area contributed by atoms with E-state index >= 15 is 0 Å². The van der Waals surface area contributed by atoms with Crippen LogP contribution in [0.1, 0.15) is 48.1 Å². The van der Waals surface area contributed by atoms with E-state index < -0.39 is 0 Å². The average Bonchev–Trinajstić information content (AvgIpc) is 3.45. The van der Waals surface area contributed by atoms with Gasteiger partial charge in [-0.3, -0.25) is 9.69 Å². The fourth-order valence-corrected chi connectivity index (χ4v) is 5.07. The van der Waals surface area contributed by atoms with Crippen molar-refractivity contribution in [3.8, 4) is 11.5 Å². The van der Waals surface area contributed by atoms with Gasteiger partial charge in [-0.25, -0.2) is 9.80 Å². The van der Waals surface area contributed by atoms with Gasteiger partial charge in [0, 0.05) is 39.1 Å². The van der Waals surface area contributed by atoms with Gasteiger partial charge in [0.2, 0.25) is 0 Å². The Kier molecular flexibility index (Phi) is 10.6. The molecule has 0 aliphatic carbocycles. The summed E-state index contributed by atoms with van der Waals surface area (Å²) >= 11 is 0. The number of urea groups is 1. The van der Waals surface area contributed by atoms with E-state index in [0.717, 1.165) is 36.3 Å². The zero-order valence-electron chi connectivity index (χ0n) is 24.9. The number of aryl methyl sites for hydroxylation is 2. The summed E-state index contributed by atoms with van der Waals surface area (Å²) in [6.07, 6.45) is 1.35. The molecule has 1 fully saturated rings. The molecule has 10 heteroatoms. The Bertz CT molecular complexity index is 1240. The van der Waals surface area contributed by atoms with Crippen molar-refractivity contribution >= 4 is 17.6 Å². The Balaban J connectivity index is 1.61. The van der Waals surface area contributed by atoms with Crippen molar-refractivity contribution in [3.63, 3.8) is 0 Å². The maximum absolute atomic E-state index is 14.0. The fraction of sp³-hybridized carbons (Fsp3) is 0.516. The molecule has 0 bridgehead atoms. The standard InChI is InChI=1S/C31H43N5O5/c1-6-11-32-31(38)35(13-12-34-14-16-41-17-15-34)21-30(37)36-27(25-9-10-28(39-4)29(19-25)40-5)20-26(33-36)24-8-7-22(2)23(3)18-24/h7-10,18-19,27H,6,11-17,20-21H2,1-5H3,(H,32,38). The van der Waals surface area contributed by atoms with Crippen LogP contribution in [0.3, 0.4) is 0 Å². The zero-order chi connectivity index (χ0) is 29.4. The van der Waals surface area contributed by atoms with Crippen LogP contribution in [0, 0.1) is 13.8 Å². The molecule has 41 heavy (non-hydrogen) atoms. The molecule has 222 valence electrons. The van der Waals surface area contributed by atoms with Crippen LogP contribution in [0.2, 0.25) is 0 Å².